The summed E-state index contributed by atoms with van der Waals surface area (Å²) in [6.45, 7) is 7.02. The fourth-order valence-corrected chi connectivity index (χ4v) is 3.98. The number of nitrogens with one attached hydrogen (secondary N) is 1. The van der Waals surface area contributed by atoms with Crippen LogP contribution in [0.1, 0.15) is 18.1 Å². The third-order valence-corrected chi connectivity index (χ3v) is 5.63. The molecule has 0 bridgehead atoms. The molecule has 0 unspecified atom stereocenters. The van der Waals surface area contributed by atoms with Crippen molar-refractivity contribution in [3.8, 4) is 0 Å². The quantitative estimate of drug-likeness (QED) is 0.748. The van der Waals surface area contributed by atoms with E-state index in [1.165, 1.54) is 12.5 Å². The highest BCUT2D eigenvalue weighted by molar-refractivity contribution is 6.19. The lowest BCUT2D eigenvalue weighted by Crippen LogP contribution is -2.45. The zero-order chi connectivity index (χ0) is 20.9. The van der Waals surface area contributed by atoms with Crippen LogP contribution in [0.2, 0.25) is 0 Å². The summed E-state index contributed by atoms with van der Waals surface area (Å²) in [7, 11) is 0. The lowest BCUT2D eigenvalue weighted by atomic mass is 10.0. The summed E-state index contributed by atoms with van der Waals surface area (Å²) >= 11 is 0. The average Bonchev–Trinajstić information content (AvgIpc) is 3.14. The minimum atomic E-state index is -0.322. The van der Waals surface area contributed by atoms with Gasteiger partial charge in [-0.3, -0.25) is 9.69 Å². The number of piperazine rings is 1. The molecule has 4 rings (SSSR count). The van der Waals surface area contributed by atoms with Crippen molar-refractivity contribution in [1.82, 2.24) is 10.2 Å². The van der Waals surface area contributed by atoms with Crippen molar-refractivity contribution in [1.29, 1.82) is 0 Å². The maximum absolute atomic E-state index is 12.2. The molecule has 1 N–H and O–H groups in total. The predicted octanol–water partition coefficient (Wildman–Crippen LogP) is 2.46. The standard InChI is InChI=1S/C24H27N3O3/c1-18(28)25-15-21-17-30-24(29)23(21)20-7-9-22(10-8-20)27-13-11-26(12-14-27)16-19-5-3-2-4-6-19/h2-10H,11-17H2,1H3,(H,25,28). The van der Waals surface area contributed by atoms with Gasteiger partial charge in [-0.05, 0) is 23.3 Å². The van der Waals surface area contributed by atoms with Crippen LogP contribution in [0.3, 0.4) is 0 Å². The normalized spacial score (nSPS) is 17.2. The van der Waals surface area contributed by atoms with Crippen LogP contribution in [-0.4, -0.2) is 56.1 Å². The van der Waals surface area contributed by atoms with Crippen molar-refractivity contribution in [2.45, 2.75) is 13.5 Å². The zero-order valence-electron chi connectivity index (χ0n) is 17.3. The Bertz CT molecular complexity index is 930. The van der Waals surface area contributed by atoms with Gasteiger partial charge in [-0.2, -0.15) is 0 Å². The number of anilines is 1. The summed E-state index contributed by atoms with van der Waals surface area (Å²) in [6, 6.07) is 18.7. The Morgan fingerprint density at radius 2 is 1.70 bits per heavy atom. The van der Waals surface area contributed by atoms with Crippen molar-refractivity contribution in [3.05, 3.63) is 71.3 Å². The van der Waals surface area contributed by atoms with Gasteiger partial charge in [0.05, 0.1) is 5.57 Å². The molecular formula is C24H27N3O3. The van der Waals surface area contributed by atoms with Crippen LogP contribution in [0.4, 0.5) is 5.69 Å². The van der Waals surface area contributed by atoms with E-state index in [1.807, 2.05) is 12.1 Å². The van der Waals surface area contributed by atoms with E-state index in [4.69, 9.17) is 4.74 Å². The van der Waals surface area contributed by atoms with Crippen molar-refractivity contribution in [2.24, 2.45) is 0 Å². The number of benzene rings is 2. The molecule has 156 valence electrons. The Morgan fingerprint density at radius 3 is 2.37 bits per heavy atom. The first-order valence-electron chi connectivity index (χ1n) is 10.4. The summed E-state index contributed by atoms with van der Waals surface area (Å²) in [5.74, 6) is -0.444. The number of hydrogen-bond acceptors (Lipinski definition) is 5. The molecule has 2 aromatic carbocycles. The Kier molecular flexibility index (Phi) is 6.14. The molecule has 0 spiro atoms. The van der Waals surface area contributed by atoms with Crippen LogP contribution < -0.4 is 10.2 Å². The SMILES string of the molecule is CC(=O)NCC1=C(c2ccc(N3CCN(Cc4ccccc4)CC3)cc2)C(=O)OC1. The lowest BCUT2D eigenvalue weighted by molar-refractivity contribution is -0.134. The molecule has 2 aliphatic rings. The smallest absolute Gasteiger partial charge is 0.339 e. The fourth-order valence-electron chi connectivity index (χ4n) is 3.98. The Hall–Kier alpha value is -3.12. The molecular weight excluding hydrogens is 378 g/mol. The summed E-state index contributed by atoms with van der Waals surface area (Å²) in [4.78, 5) is 28.3. The van der Waals surface area contributed by atoms with Crippen molar-refractivity contribution in [3.63, 3.8) is 0 Å². The average molecular weight is 405 g/mol. The largest absolute Gasteiger partial charge is 0.457 e. The van der Waals surface area contributed by atoms with Gasteiger partial charge in [-0.15, -0.1) is 0 Å². The van der Waals surface area contributed by atoms with Crippen LogP contribution in [0.15, 0.2) is 60.2 Å². The van der Waals surface area contributed by atoms with E-state index in [9.17, 15) is 9.59 Å². The van der Waals surface area contributed by atoms with E-state index in [0.29, 0.717) is 12.1 Å². The minimum Gasteiger partial charge on any atom is -0.457 e. The lowest BCUT2D eigenvalue weighted by Gasteiger charge is -2.36. The Morgan fingerprint density at radius 1 is 1.00 bits per heavy atom. The number of hydrogen-bond donors (Lipinski definition) is 1. The van der Waals surface area contributed by atoms with E-state index < -0.39 is 0 Å². The molecule has 0 saturated carbocycles. The van der Waals surface area contributed by atoms with Gasteiger partial charge in [0, 0.05) is 57.5 Å². The van der Waals surface area contributed by atoms with E-state index in [0.717, 1.165) is 49.5 Å². The predicted molar refractivity (Wildman–Crippen MR) is 117 cm³/mol. The molecule has 2 aromatic rings. The van der Waals surface area contributed by atoms with E-state index >= 15 is 0 Å². The summed E-state index contributed by atoms with van der Waals surface area (Å²) in [5, 5.41) is 2.75. The minimum absolute atomic E-state index is 0.122. The first-order valence-corrected chi connectivity index (χ1v) is 10.4. The third kappa shape index (κ3) is 4.71. The molecule has 1 saturated heterocycles. The maximum Gasteiger partial charge on any atom is 0.339 e. The van der Waals surface area contributed by atoms with Crippen molar-refractivity contribution < 1.29 is 14.3 Å². The number of amides is 1. The zero-order valence-corrected chi connectivity index (χ0v) is 17.3. The number of cyclic esters (lactones) is 1. The van der Waals surface area contributed by atoms with Gasteiger partial charge >= 0.3 is 5.97 Å². The highest BCUT2D eigenvalue weighted by Crippen LogP contribution is 2.28. The number of carbonyl (C=O) groups excluding carboxylic acids is 2. The number of nitrogens with zero attached hydrogens (tertiary/aromatic N) is 2. The molecule has 6 nitrogen and oxygen atoms in total. The third-order valence-electron chi connectivity index (χ3n) is 5.63. The van der Waals surface area contributed by atoms with Crippen molar-refractivity contribution >= 4 is 23.1 Å². The first-order chi connectivity index (χ1) is 14.6. The highest BCUT2D eigenvalue weighted by Gasteiger charge is 2.26. The van der Waals surface area contributed by atoms with Crippen LogP contribution in [0.5, 0.6) is 0 Å². The molecule has 30 heavy (non-hydrogen) atoms. The van der Waals surface area contributed by atoms with Gasteiger partial charge in [0.15, 0.2) is 0 Å². The fraction of sp³-hybridized carbons (Fsp3) is 0.333. The van der Waals surface area contributed by atoms with E-state index in [-0.39, 0.29) is 18.5 Å². The second-order valence-electron chi connectivity index (χ2n) is 7.76. The number of esters is 1. The van der Waals surface area contributed by atoms with Crippen LogP contribution in [0, 0.1) is 0 Å². The Balaban J connectivity index is 1.38. The van der Waals surface area contributed by atoms with Gasteiger partial charge in [0.1, 0.15) is 6.61 Å². The van der Waals surface area contributed by atoms with E-state index in [2.05, 4.69) is 57.6 Å². The summed E-state index contributed by atoms with van der Waals surface area (Å²) in [6.07, 6.45) is 0. The van der Waals surface area contributed by atoms with Gasteiger partial charge < -0.3 is 15.0 Å². The number of ether oxygens (including phenoxy) is 1. The molecule has 6 heteroatoms. The molecule has 0 aliphatic carbocycles. The topological polar surface area (TPSA) is 61.9 Å². The van der Waals surface area contributed by atoms with Gasteiger partial charge in [-0.25, -0.2) is 4.79 Å². The first kappa shape index (κ1) is 20.2. The van der Waals surface area contributed by atoms with Gasteiger partial charge in [-0.1, -0.05) is 42.5 Å². The Labute approximate surface area is 177 Å². The second kappa shape index (κ2) is 9.13. The number of rotatable bonds is 6. The van der Waals surface area contributed by atoms with E-state index in [1.54, 1.807) is 0 Å². The summed E-state index contributed by atoms with van der Waals surface area (Å²) in [5.41, 5.74) is 4.74. The van der Waals surface area contributed by atoms with Crippen molar-refractivity contribution in [2.75, 3.05) is 44.2 Å². The molecule has 2 heterocycles. The van der Waals surface area contributed by atoms with Gasteiger partial charge in [0.2, 0.25) is 5.91 Å². The molecule has 0 aromatic heterocycles. The monoisotopic (exact) mass is 405 g/mol. The molecule has 1 fully saturated rings. The molecule has 0 atom stereocenters. The summed E-state index contributed by atoms with van der Waals surface area (Å²) < 4.78 is 5.19. The molecule has 2 aliphatic heterocycles. The number of carbonyl (C=O) groups is 2. The van der Waals surface area contributed by atoms with Crippen LogP contribution in [-0.2, 0) is 20.9 Å². The second-order valence-corrected chi connectivity index (χ2v) is 7.76. The van der Waals surface area contributed by atoms with Gasteiger partial charge in [0.25, 0.3) is 0 Å². The van der Waals surface area contributed by atoms with Crippen LogP contribution in [0.25, 0.3) is 5.57 Å². The van der Waals surface area contributed by atoms with Crippen LogP contribution >= 0.6 is 0 Å². The highest BCUT2D eigenvalue weighted by atomic mass is 16.5. The molecule has 1 amide bonds. The molecule has 0 radical (unpaired) electrons. The maximum atomic E-state index is 12.2.